The Hall–Kier alpha value is -1.61. The molecule has 1 aromatic heterocycles. The molecule has 2 heterocycles. The Bertz CT molecular complexity index is 762. The lowest BCUT2D eigenvalue weighted by Crippen LogP contribution is -2.39. The lowest BCUT2D eigenvalue weighted by atomic mass is 10.3. The molecular formula is C14H22N4O4S. The minimum atomic E-state index is -3.26. The molecule has 2 aliphatic rings. The summed E-state index contributed by atoms with van der Waals surface area (Å²) in [5.74, 6) is 1.20. The average molecular weight is 342 g/mol. The van der Waals surface area contributed by atoms with Gasteiger partial charge in [0.25, 0.3) is 5.56 Å². The van der Waals surface area contributed by atoms with Gasteiger partial charge >= 0.3 is 5.69 Å². The summed E-state index contributed by atoms with van der Waals surface area (Å²) < 4.78 is 27.9. The van der Waals surface area contributed by atoms with E-state index in [1.165, 1.54) is 13.1 Å². The zero-order chi connectivity index (χ0) is 16.6. The van der Waals surface area contributed by atoms with E-state index in [9.17, 15) is 18.0 Å². The summed E-state index contributed by atoms with van der Waals surface area (Å²) in [5.41, 5.74) is -0.849. The highest BCUT2D eigenvalue weighted by Gasteiger charge is 2.29. The monoisotopic (exact) mass is 342 g/mol. The summed E-state index contributed by atoms with van der Waals surface area (Å²) in [7, 11) is -1.85. The van der Waals surface area contributed by atoms with Crippen molar-refractivity contribution in [1.82, 2.24) is 14.3 Å². The van der Waals surface area contributed by atoms with Gasteiger partial charge in [-0.3, -0.25) is 14.3 Å². The van der Waals surface area contributed by atoms with E-state index < -0.39 is 15.7 Å². The Labute approximate surface area is 134 Å². The molecule has 0 amide bonds. The predicted octanol–water partition coefficient (Wildman–Crippen LogP) is -0.628. The second-order valence-electron chi connectivity index (χ2n) is 6.46. The van der Waals surface area contributed by atoms with Crippen LogP contribution in [0.3, 0.4) is 0 Å². The van der Waals surface area contributed by atoms with Crippen LogP contribution in [0, 0.1) is 5.92 Å². The average Bonchev–Trinajstić information content (AvgIpc) is 3.21. The molecule has 1 saturated carbocycles. The lowest BCUT2D eigenvalue weighted by Gasteiger charge is -2.18. The van der Waals surface area contributed by atoms with Gasteiger partial charge in [-0.15, -0.1) is 0 Å². The quantitative estimate of drug-likeness (QED) is 0.716. The highest BCUT2D eigenvalue weighted by molar-refractivity contribution is 7.89. The number of nitrogens with one attached hydrogen (secondary N) is 2. The first-order valence-corrected chi connectivity index (χ1v) is 9.54. The van der Waals surface area contributed by atoms with Crippen molar-refractivity contribution in [3.63, 3.8) is 0 Å². The van der Waals surface area contributed by atoms with Crippen molar-refractivity contribution in [1.29, 1.82) is 0 Å². The molecule has 1 atom stereocenters. The molecule has 0 bridgehead atoms. The SMILES string of the molecule is Cn1c(=O)cc(N2CCC(NS(=O)(=O)CCC3CC3)C2)[nH]c1=O. The van der Waals surface area contributed by atoms with E-state index in [4.69, 9.17) is 0 Å². The van der Waals surface area contributed by atoms with Crippen molar-refractivity contribution in [3.05, 3.63) is 26.9 Å². The second kappa shape index (κ2) is 6.12. The molecular weight excluding hydrogens is 320 g/mol. The molecule has 9 heteroatoms. The summed E-state index contributed by atoms with van der Waals surface area (Å²) in [6.45, 7) is 1.05. The molecule has 128 valence electrons. The third kappa shape index (κ3) is 4.03. The summed E-state index contributed by atoms with van der Waals surface area (Å²) in [6.07, 6.45) is 3.67. The summed E-state index contributed by atoms with van der Waals surface area (Å²) >= 11 is 0. The smallest absolute Gasteiger partial charge is 0.329 e. The van der Waals surface area contributed by atoms with Gasteiger partial charge in [0, 0.05) is 32.2 Å². The number of sulfonamides is 1. The summed E-state index contributed by atoms with van der Waals surface area (Å²) in [5, 5.41) is 0. The maximum absolute atomic E-state index is 12.1. The van der Waals surface area contributed by atoms with Gasteiger partial charge in [0.1, 0.15) is 5.82 Å². The Balaban J connectivity index is 1.62. The van der Waals surface area contributed by atoms with E-state index in [2.05, 4.69) is 9.71 Å². The number of nitrogens with zero attached hydrogens (tertiary/aromatic N) is 2. The van der Waals surface area contributed by atoms with Crippen molar-refractivity contribution in [2.45, 2.75) is 31.7 Å². The molecule has 1 aliphatic heterocycles. The molecule has 0 aromatic carbocycles. The lowest BCUT2D eigenvalue weighted by molar-refractivity contribution is 0.556. The van der Waals surface area contributed by atoms with Crippen molar-refractivity contribution >= 4 is 15.8 Å². The van der Waals surface area contributed by atoms with Gasteiger partial charge in [-0.25, -0.2) is 17.9 Å². The van der Waals surface area contributed by atoms with Crippen LogP contribution in [0.15, 0.2) is 15.7 Å². The number of hydrogen-bond acceptors (Lipinski definition) is 5. The molecule has 1 aliphatic carbocycles. The van der Waals surface area contributed by atoms with Crippen LogP contribution in [0.5, 0.6) is 0 Å². The fourth-order valence-corrected chi connectivity index (χ4v) is 4.29. The van der Waals surface area contributed by atoms with Crippen LogP contribution in [0.25, 0.3) is 0 Å². The molecule has 3 rings (SSSR count). The summed E-state index contributed by atoms with van der Waals surface area (Å²) in [4.78, 5) is 27.8. The molecule has 2 fully saturated rings. The first kappa shape index (κ1) is 16.3. The number of H-pyrrole nitrogens is 1. The Morgan fingerprint density at radius 1 is 1.30 bits per heavy atom. The van der Waals surface area contributed by atoms with E-state index in [-0.39, 0.29) is 17.4 Å². The van der Waals surface area contributed by atoms with Gasteiger partial charge in [0.15, 0.2) is 0 Å². The van der Waals surface area contributed by atoms with E-state index >= 15 is 0 Å². The zero-order valence-electron chi connectivity index (χ0n) is 13.1. The van der Waals surface area contributed by atoms with Gasteiger partial charge in [-0.05, 0) is 18.8 Å². The largest absolute Gasteiger partial charge is 0.356 e. The van der Waals surface area contributed by atoms with Crippen LogP contribution in [0.2, 0.25) is 0 Å². The molecule has 1 unspecified atom stereocenters. The fourth-order valence-electron chi connectivity index (χ4n) is 2.83. The molecule has 0 spiro atoms. The normalized spacial score (nSPS) is 21.8. The molecule has 1 saturated heterocycles. The zero-order valence-corrected chi connectivity index (χ0v) is 13.9. The molecule has 2 N–H and O–H groups in total. The number of hydrogen-bond donors (Lipinski definition) is 2. The molecule has 0 radical (unpaired) electrons. The summed E-state index contributed by atoms with van der Waals surface area (Å²) in [6, 6.07) is 1.18. The van der Waals surface area contributed by atoms with Crippen LogP contribution in [-0.2, 0) is 17.1 Å². The molecule has 1 aromatic rings. The maximum Gasteiger partial charge on any atom is 0.329 e. The topological polar surface area (TPSA) is 104 Å². The van der Waals surface area contributed by atoms with Crippen LogP contribution < -0.4 is 20.9 Å². The van der Waals surface area contributed by atoms with Crippen LogP contribution in [-0.4, -0.2) is 42.9 Å². The third-order valence-electron chi connectivity index (χ3n) is 4.50. The first-order chi connectivity index (χ1) is 10.8. The van der Waals surface area contributed by atoms with Crippen LogP contribution >= 0.6 is 0 Å². The molecule has 23 heavy (non-hydrogen) atoms. The maximum atomic E-state index is 12.1. The van der Waals surface area contributed by atoms with Crippen LogP contribution in [0.1, 0.15) is 25.7 Å². The highest BCUT2D eigenvalue weighted by atomic mass is 32.2. The van der Waals surface area contributed by atoms with Crippen molar-refractivity contribution in [3.8, 4) is 0 Å². The van der Waals surface area contributed by atoms with Crippen molar-refractivity contribution in [2.75, 3.05) is 23.7 Å². The minimum absolute atomic E-state index is 0.177. The van der Waals surface area contributed by atoms with Gasteiger partial charge < -0.3 is 4.90 Å². The number of rotatable bonds is 6. The van der Waals surface area contributed by atoms with Crippen molar-refractivity contribution in [2.24, 2.45) is 13.0 Å². The van der Waals surface area contributed by atoms with Crippen LogP contribution in [0.4, 0.5) is 5.82 Å². The van der Waals surface area contributed by atoms with E-state index in [0.29, 0.717) is 31.2 Å². The van der Waals surface area contributed by atoms with Crippen molar-refractivity contribution < 1.29 is 8.42 Å². The molecule has 8 nitrogen and oxygen atoms in total. The van der Waals surface area contributed by atoms with E-state index in [1.807, 2.05) is 4.90 Å². The minimum Gasteiger partial charge on any atom is -0.356 e. The van der Waals surface area contributed by atoms with Gasteiger partial charge in [-0.1, -0.05) is 12.8 Å². The second-order valence-corrected chi connectivity index (χ2v) is 8.33. The standard InChI is InChI=1S/C14H22N4O4S/c1-17-13(19)8-12(15-14(17)20)18-6-4-11(9-18)16-23(21,22)7-5-10-2-3-10/h8,10-11,16H,2-7,9H2,1H3,(H,15,20). The number of anilines is 1. The Kier molecular flexibility index (Phi) is 4.33. The highest BCUT2D eigenvalue weighted by Crippen LogP contribution is 2.32. The van der Waals surface area contributed by atoms with Gasteiger partial charge in [0.2, 0.25) is 10.0 Å². The third-order valence-corrected chi connectivity index (χ3v) is 5.96. The van der Waals surface area contributed by atoms with Gasteiger partial charge in [0.05, 0.1) is 5.75 Å². The van der Waals surface area contributed by atoms with E-state index in [0.717, 1.165) is 23.8 Å². The Morgan fingerprint density at radius 2 is 2.04 bits per heavy atom. The number of aromatic nitrogens is 2. The Morgan fingerprint density at radius 3 is 2.70 bits per heavy atom. The van der Waals surface area contributed by atoms with E-state index in [1.54, 1.807) is 0 Å². The fraction of sp³-hybridized carbons (Fsp3) is 0.714. The predicted molar refractivity (Wildman–Crippen MR) is 87.2 cm³/mol. The first-order valence-electron chi connectivity index (χ1n) is 7.89. The number of aromatic amines is 1. The van der Waals surface area contributed by atoms with Gasteiger partial charge in [-0.2, -0.15) is 0 Å².